The van der Waals surface area contributed by atoms with E-state index in [0.29, 0.717) is 0 Å². The van der Waals surface area contributed by atoms with Gasteiger partial charge in [-0.2, -0.15) is 0 Å². The third-order valence-electron chi connectivity index (χ3n) is 1.53. The fourth-order valence-electron chi connectivity index (χ4n) is 1.04. The highest BCUT2D eigenvalue weighted by atomic mass is 15.1. The summed E-state index contributed by atoms with van der Waals surface area (Å²) in [5.41, 5.74) is 0. The minimum atomic E-state index is 0.892. The van der Waals surface area contributed by atoms with Gasteiger partial charge < -0.3 is 9.88 Å². The molecule has 2 heterocycles. The van der Waals surface area contributed by atoms with Crippen LogP contribution in [0.25, 0.3) is 0 Å². The van der Waals surface area contributed by atoms with E-state index in [2.05, 4.69) is 21.1 Å². The summed E-state index contributed by atoms with van der Waals surface area (Å²) < 4.78 is 2.05. The zero-order valence-corrected chi connectivity index (χ0v) is 5.09. The van der Waals surface area contributed by atoms with Crippen LogP contribution in [0.2, 0.25) is 0 Å². The minimum absolute atomic E-state index is 0.892. The third-order valence-corrected chi connectivity index (χ3v) is 1.53. The van der Waals surface area contributed by atoms with Gasteiger partial charge in [-0.15, -0.1) is 0 Å². The van der Waals surface area contributed by atoms with E-state index in [4.69, 9.17) is 0 Å². The lowest BCUT2D eigenvalue weighted by Crippen LogP contribution is -2.27. The van der Waals surface area contributed by atoms with Gasteiger partial charge in [0.1, 0.15) is 5.82 Å². The molecule has 1 aromatic rings. The van der Waals surface area contributed by atoms with E-state index in [1.165, 1.54) is 0 Å². The van der Waals surface area contributed by atoms with Gasteiger partial charge in [0.05, 0.1) is 18.9 Å². The summed E-state index contributed by atoms with van der Waals surface area (Å²) in [5.74, 6) is 1.10. The largest absolute Gasteiger partial charge is 0.324 e. The highest BCUT2D eigenvalue weighted by Crippen LogP contribution is 1.99. The molecule has 47 valence electrons. The Labute approximate surface area is 53.7 Å². The van der Waals surface area contributed by atoms with Gasteiger partial charge in [-0.05, 0) is 0 Å². The van der Waals surface area contributed by atoms with Crippen LogP contribution < -0.4 is 5.32 Å². The average Bonchev–Trinajstić information content (AvgIpc) is 2.33. The number of hydrogen-bond donors (Lipinski definition) is 1. The zero-order valence-electron chi connectivity index (χ0n) is 5.09. The molecule has 1 N–H and O–H groups in total. The second-order valence-corrected chi connectivity index (χ2v) is 2.13. The number of hydrogen-bond acceptors (Lipinski definition) is 2. The molecule has 0 bridgehead atoms. The minimum Gasteiger partial charge on any atom is -0.324 e. The fourth-order valence-corrected chi connectivity index (χ4v) is 1.04. The number of fused-ring (bicyclic) bond motifs is 1. The van der Waals surface area contributed by atoms with Gasteiger partial charge >= 0.3 is 0 Å². The van der Waals surface area contributed by atoms with Crippen LogP contribution >= 0.6 is 0 Å². The lowest BCUT2D eigenvalue weighted by Gasteiger charge is -2.13. The van der Waals surface area contributed by atoms with Gasteiger partial charge in [-0.3, -0.25) is 0 Å². The van der Waals surface area contributed by atoms with Crippen molar-refractivity contribution in [2.75, 3.05) is 6.54 Å². The van der Waals surface area contributed by atoms with Gasteiger partial charge in [-0.1, -0.05) is 0 Å². The number of imidazole rings is 1. The molecular formula is C6H8N3. The molecule has 3 heteroatoms. The molecule has 0 saturated carbocycles. The Kier molecular flexibility index (Phi) is 1.02. The molecule has 0 amide bonds. The standard InChI is InChI=1S/C6H8N3/c1-3-9-4-2-8-6(9)5-7-1/h2,7H,1,3,5H2. The maximum absolute atomic E-state index is 4.10. The summed E-state index contributed by atoms with van der Waals surface area (Å²) in [6.45, 7) is 2.94. The summed E-state index contributed by atoms with van der Waals surface area (Å²) in [7, 11) is 0. The SMILES string of the molecule is [c]1cnc2n1CCNC2. The van der Waals surface area contributed by atoms with Gasteiger partial charge in [0.15, 0.2) is 0 Å². The molecule has 0 unspecified atom stereocenters. The van der Waals surface area contributed by atoms with Crippen molar-refractivity contribution in [2.24, 2.45) is 0 Å². The molecule has 3 nitrogen and oxygen atoms in total. The first-order valence-electron chi connectivity index (χ1n) is 3.09. The molecule has 1 aliphatic heterocycles. The van der Waals surface area contributed by atoms with Crippen LogP contribution in [0, 0.1) is 6.20 Å². The predicted octanol–water partition coefficient (Wildman–Crippen LogP) is -0.214. The van der Waals surface area contributed by atoms with Crippen LogP contribution in [0.4, 0.5) is 0 Å². The van der Waals surface area contributed by atoms with Gasteiger partial charge in [-0.25, -0.2) is 4.98 Å². The van der Waals surface area contributed by atoms with Crippen LogP contribution in [-0.4, -0.2) is 16.1 Å². The van der Waals surface area contributed by atoms with Crippen molar-refractivity contribution >= 4 is 0 Å². The van der Waals surface area contributed by atoms with Crippen molar-refractivity contribution in [3.8, 4) is 0 Å². The van der Waals surface area contributed by atoms with Crippen molar-refractivity contribution in [1.82, 2.24) is 14.9 Å². The van der Waals surface area contributed by atoms with E-state index in [1.54, 1.807) is 6.20 Å². The van der Waals surface area contributed by atoms with Gasteiger partial charge in [0, 0.05) is 13.1 Å². The maximum atomic E-state index is 4.10. The molecule has 0 aromatic carbocycles. The Morgan fingerprint density at radius 1 is 1.78 bits per heavy atom. The first-order valence-corrected chi connectivity index (χ1v) is 3.09. The molecule has 2 rings (SSSR count). The highest BCUT2D eigenvalue weighted by molar-refractivity contribution is 4.92. The van der Waals surface area contributed by atoms with E-state index in [1.807, 2.05) is 0 Å². The zero-order chi connectivity index (χ0) is 6.10. The van der Waals surface area contributed by atoms with E-state index in [0.717, 1.165) is 25.5 Å². The Morgan fingerprint density at radius 3 is 3.67 bits per heavy atom. The monoisotopic (exact) mass is 122 g/mol. The second kappa shape index (κ2) is 1.84. The van der Waals surface area contributed by atoms with Crippen molar-refractivity contribution in [2.45, 2.75) is 13.1 Å². The third kappa shape index (κ3) is 0.733. The summed E-state index contributed by atoms with van der Waals surface area (Å²) in [6.07, 6.45) is 4.75. The summed E-state index contributed by atoms with van der Waals surface area (Å²) in [6, 6.07) is 0. The smallest absolute Gasteiger partial charge is 0.123 e. The number of nitrogens with zero attached hydrogens (tertiary/aromatic N) is 2. The Bertz CT molecular complexity index is 183. The van der Waals surface area contributed by atoms with E-state index in [9.17, 15) is 0 Å². The molecule has 0 fully saturated rings. The molecule has 0 saturated heterocycles. The molecule has 0 atom stereocenters. The Hall–Kier alpha value is -0.830. The normalized spacial score (nSPS) is 17.3. The lowest BCUT2D eigenvalue weighted by molar-refractivity contribution is 0.503. The van der Waals surface area contributed by atoms with E-state index in [-0.39, 0.29) is 0 Å². The maximum Gasteiger partial charge on any atom is 0.123 e. The first-order chi connectivity index (χ1) is 4.47. The topological polar surface area (TPSA) is 29.9 Å². The van der Waals surface area contributed by atoms with E-state index >= 15 is 0 Å². The molecule has 1 aliphatic rings. The van der Waals surface area contributed by atoms with Gasteiger partial charge in [0.2, 0.25) is 0 Å². The molecule has 0 aliphatic carbocycles. The van der Waals surface area contributed by atoms with Crippen LogP contribution in [0.1, 0.15) is 5.82 Å². The van der Waals surface area contributed by atoms with Crippen LogP contribution in [0.3, 0.4) is 0 Å². The van der Waals surface area contributed by atoms with E-state index < -0.39 is 0 Å². The predicted molar refractivity (Wildman–Crippen MR) is 32.8 cm³/mol. The number of aromatic nitrogens is 2. The van der Waals surface area contributed by atoms with Crippen molar-refractivity contribution < 1.29 is 0 Å². The van der Waals surface area contributed by atoms with Gasteiger partial charge in [0.25, 0.3) is 0 Å². The lowest BCUT2D eigenvalue weighted by atomic mass is 10.4. The molecule has 1 radical (unpaired) electrons. The van der Waals surface area contributed by atoms with Crippen LogP contribution in [-0.2, 0) is 13.1 Å². The molecular weight excluding hydrogens is 114 g/mol. The van der Waals surface area contributed by atoms with Crippen molar-refractivity contribution in [3.63, 3.8) is 0 Å². The summed E-state index contributed by atoms with van der Waals surface area (Å²) in [4.78, 5) is 4.10. The first kappa shape index (κ1) is 4.99. The van der Waals surface area contributed by atoms with Crippen LogP contribution in [0.5, 0.6) is 0 Å². The quantitative estimate of drug-likeness (QED) is 0.516. The Morgan fingerprint density at radius 2 is 2.78 bits per heavy atom. The molecule has 1 aromatic heterocycles. The summed E-state index contributed by atoms with van der Waals surface area (Å²) in [5, 5.41) is 3.22. The average molecular weight is 122 g/mol. The van der Waals surface area contributed by atoms with Crippen molar-refractivity contribution in [1.29, 1.82) is 0 Å². The molecule has 0 spiro atoms. The fraction of sp³-hybridized carbons (Fsp3) is 0.500. The highest BCUT2D eigenvalue weighted by Gasteiger charge is 2.06. The van der Waals surface area contributed by atoms with Crippen molar-refractivity contribution in [3.05, 3.63) is 18.2 Å². The molecule has 9 heavy (non-hydrogen) atoms. The number of rotatable bonds is 0. The summed E-state index contributed by atoms with van der Waals surface area (Å²) >= 11 is 0. The number of nitrogens with one attached hydrogen (secondary N) is 1. The second-order valence-electron chi connectivity index (χ2n) is 2.13. The Balaban J connectivity index is 2.39. The van der Waals surface area contributed by atoms with Crippen LogP contribution in [0.15, 0.2) is 6.20 Å².